The van der Waals surface area contributed by atoms with Gasteiger partial charge in [0.15, 0.2) is 0 Å². The largest absolute Gasteiger partial charge is 0.491 e. The maximum absolute atomic E-state index is 10.1. The van der Waals surface area contributed by atoms with Gasteiger partial charge >= 0.3 is 0 Å². The van der Waals surface area contributed by atoms with Gasteiger partial charge < -0.3 is 9.84 Å². The number of benzene rings is 3. The first-order chi connectivity index (χ1) is 10.2. The summed E-state index contributed by atoms with van der Waals surface area (Å²) in [5.41, 5.74) is 0.863. The summed E-state index contributed by atoms with van der Waals surface area (Å²) in [6, 6.07) is 21.6. The Bertz CT molecular complexity index is 741. The minimum atomic E-state index is -0.619. The van der Waals surface area contributed by atoms with Gasteiger partial charge in [-0.05, 0) is 40.6 Å². The predicted molar refractivity (Wildman–Crippen MR) is 88.5 cm³/mol. The van der Waals surface area contributed by atoms with Crippen molar-refractivity contribution in [3.05, 3.63) is 76.8 Å². The molecule has 0 aliphatic carbocycles. The van der Waals surface area contributed by atoms with Crippen LogP contribution in [-0.2, 0) is 0 Å². The van der Waals surface area contributed by atoms with Crippen molar-refractivity contribution in [1.82, 2.24) is 0 Å². The fourth-order valence-electron chi connectivity index (χ4n) is 2.23. The van der Waals surface area contributed by atoms with Crippen LogP contribution in [0.2, 0.25) is 0 Å². The number of aliphatic hydroxyl groups excluding tert-OH is 1. The molecule has 106 valence electrons. The van der Waals surface area contributed by atoms with Gasteiger partial charge in [0.1, 0.15) is 18.5 Å². The smallest absolute Gasteiger partial charge is 0.120 e. The van der Waals surface area contributed by atoms with E-state index in [1.807, 2.05) is 60.7 Å². The van der Waals surface area contributed by atoms with E-state index in [9.17, 15) is 5.11 Å². The molecule has 1 atom stereocenters. The average Bonchev–Trinajstić information content (AvgIpc) is 2.53. The van der Waals surface area contributed by atoms with Crippen LogP contribution in [0.5, 0.6) is 5.75 Å². The Balaban J connectivity index is 1.72. The van der Waals surface area contributed by atoms with Crippen LogP contribution in [0.1, 0.15) is 11.7 Å². The van der Waals surface area contributed by atoms with Crippen LogP contribution in [0.4, 0.5) is 0 Å². The van der Waals surface area contributed by atoms with E-state index in [2.05, 4.69) is 22.0 Å². The van der Waals surface area contributed by atoms with Crippen molar-refractivity contribution in [1.29, 1.82) is 0 Å². The van der Waals surface area contributed by atoms with Crippen LogP contribution in [0, 0.1) is 0 Å². The summed E-state index contributed by atoms with van der Waals surface area (Å²) in [7, 11) is 0. The summed E-state index contributed by atoms with van der Waals surface area (Å²) in [5.74, 6) is 0.764. The second-order valence-electron chi connectivity index (χ2n) is 4.89. The molecule has 0 heterocycles. The molecular formula is C18H15BrO2. The maximum atomic E-state index is 10.1. The number of hydrogen-bond donors (Lipinski definition) is 1. The van der Waals surface area contributed by atoms with Gasteiger partial charge in [-0.1, -0.05) is 58.4 Å². The highest BCUT2D eigenvalue weighted by atomic mass is 79.9. The van der Waals surface area contributed by atoms with Crippen LogP contribution >= 0.6 is 15.9 Å². The van der Waals surface area contributed by atoms with Gasteiger partial charge in [0, 0.05) is 4.47 Å². The Hall–Kier alpha value is -1.84. The summed E-state index contributed by atoms with van der Waals surface area (Å²) < 4.78 is 6.76. The second-order valence-corrected chi connectivity index (χ2v) is 5.81. The number of rotatable bonds is 4. The zero-order valence-corrected chi connectivity index (χ0v) is 13.0. The quantitative estimate of drug-likeness (QED) is 0.743. The summed E-state index contributed by atoms with van der Waals surface area (Å²) in [6.07, 6.45) is -0.619. The molecule has 0 amide bonds. The third kappa shape index (κ3) is 3.43. The predicted octanol–water partition coefficient (Wildman–Crippen LogP) is 4.71. The molecule has 21 heavy (non-hydrogen) atoms. The monoisotopic (exact) mass is 342 g/mol. The van der Waals surface area contributed by atoms with Gasteiger partial charge in [0.05, 0.1) is 0 Å². The molecular weight excluding hydrogens is 328 g/mol. The molecule has 0 bridgehead atoms. The summed E-state index contributed by atoms with van der Waals surface area (Å²) in [4.78, 5) is 0. The lowest BCUT2D eigenvalue weighted by Crippen LogP contribution is -2.09. The van der Waals surface area contributed by atoms with Crippen LogP contribution in [0.25, 0.3) is 10.8 Å². The molecule has 0 aromatic heterocycles. The highest BCUT2D eigenvalue weighted by molar-refractivity contribution is 9.10. The van der Waals surface area contributed by atoms with Crippen molar-refractivity contribution in [2.45, 2.75) is 6.10 Å². The van der Waals surface area contributed by atoms with E-state index in [1.165, 1.54) is 0 Å². The van der Waals surface area contributed by atoms with Crippen molar-refractivity contribution in [2.24, 2.45) is 0 Å². The average molecular weight is 343 g/mol. The van der Waals surface area contributed by atoms with E-state index in [1.54, 1.807) is 0 Å². The third-order valence-electron chi connectivity index (χ3n) is 3.37. The highest BCUT2D eigenvalue weighted by Gasteiger charge is 2.08. The fourth-order valence-corrected chi connectivity index (χ4v) is 2.61. The molecule has 0 aliphatic rings. The van der Waals surface area contributed by atoms with E-state index in [0.717, 1.165) is 26.6 Å². The molecule has 3 rings (SSSR count). The molecule has 0 fully saturated rings. The van der Waals surface area contributed by atoms with Gasteiger partial charge in [-0.3, -0.25) is 0 Å². The van der Waals surface area contributed by atoms with Gasteiger partial charge in [0.25, 0.3) is 0 Å². The Morgan fingerprint density at radius 3 is 2.43 bits per heavy atom. The number of halogens is 1. The third-order valence-corrected chi connectivity index (χ3v) is 3.86. The molecule has 3 aromatic carbocycles. The van der Waals surface area contributed by atoms with E-state index in [4.69, 9.17) is 4.74 Å². The van der Waals surface area contributed by atoms with Crippen molar-refractivity contribution in [2.75, 3.05) is 6.61 Å². The zero-order chi connectivity index (χ0) is 14.7. The van der Waals surface area contributed by atoms with Crippen LogP contribution in [-0.4, -0.2) is 11.7 Å². The van der Waals surface area contributed by atoms with Gasteiger partial charge in [-0.25, -0.2) is 0 Å². The highest BCUT2D eigenvalue weighted by Crippen LogP contribution is 2.25. The minimum Gasteiger partial charge on any atom is -0.491 e. The molecule has 0 aliphatic heterocycles. The Morgan fingerprint density at radius 2 is 1.62 bits per heavy atom. The Morgan fingerprint density at radius 1 is 0.905 bits per heavy atom. The van der Waals surface area contributed by atoms with Crippen LogP contribution in [0.15, 0.2) is 71.2 Å². The molecule has 1 unspecified atom stereocenters. The van der Waals surface area contributed by atoms with Crippen LogP contribution in [0.3, 0.4) is 0 Å². The van der Waals surface area contributed by atoms with Gasteiger partial charge in [-0.2, -0.15) is 0 Å². The standard InChI is InChI=1S/C18H15BrO2/c19-16-8-6-15-11-17(9-7-14(15)10-16)21-12-18(20)13-4-2-1-3-5-13/h1-11,18,20H,12H2. The summed E-state index contributed by atoms with van der Waals surface area (Å²) in [6.45, 7) is 0.242. The van der Waals surface area contributed by atoms with Crippen molar-refractivity contribution >= 4 is 26.7 Å². The molecule has 0 saturated heterocycles. The van der Waals surface area contributed by atoms with Crippen molar-refractivity contribution in [3.63, 3.8) is 0 Å². The molecule has 2 nitrogen and oxygen atoms in total. The van der Waals surface area contributed by atoms with E-state index < -0.39 is 6.10 Å². The van der Waals surface area contributed by atoms with Gasteiger partial charge in [0.2, 0.25) is 0 Å². The topological polar surface area (TPSA) is 29.5 Å². The molecule has 0 saturated carbocycles. The number of aliphatic hydroxyl groups is 1. The lowest BCUT2D eigenvalue weighted by molar-refractivity contribution is 0.108. The van der Waals surface area contributed by atoms with Crippen LogP contribution < -0.4 is 4.74 Å². The molecule has 0 spiro atoms. The van der Waals surface area contributed by atoms with E-state index in [-0.39, 0.29) is 6.61 Å². The van der Waals surface area contributed by atoms with E-state index >= 15 is 0 Å². The molecule has 1 N–H and O–H groups in total. The zero-order valence-electron chi connectivity index (χ0n) is 11.4. The normalized spacial score (nSPS) is 12.3. The molecule has 0 radical (unpaired) electrons. The SMILES string of the molecule is OC(COc1ccc2cc(Br)ccc2c1)c1ccccc1. The lowest BCUT2D eigenvalue weighted by atomic mass is 10.1. The van der Waals surface area contributed by atoms with Crippen molar-refractivity contribution < 1.29 is 9.84 Å². The maximum Gasteiger partial charge on any atom is 0.120 e. The van der Waals surface area contributed by atoms with Gasteiger partial charge in [-0.15, -0.1) is 0 Å². The second kappa shape index (κ2) is 6.29. The first-order valence-corrected chi connectivity index (χ1v) is 7.57. The Kier molecular flexibility index (Phi) is 4.23. The first-order valence-electron chi connectivity index (χ1n) is 6.77. The lowest BCUT2D eigenvalue weighted by Gasteiger charge is -2.13. The minimum absolute atomic E-state index is 0.242. The number of fused-ring (bicyclic) bond motifs is 1. The first kappa shape index (κ1) is 14.1. The molecule has 3 heteroatoms. The fraction of sp³-hybridized carbons (Fsp3) is 0.111. The summed E-state index contributed by atoms with van der Waals surface area (Å²) in [5, 5.41) is 12.4. The van der Waals surface area contributed by atoms with Crippen molar-refractivity contribution in [3.8, 4) is 5.75 Å². The number of ether oxygens (including phenoxy) is 1. The summed E-state index contributed by atoms with van der Waals surface area (Å²) >= 11 is 3.46. The van der Waals surface area contributed by atoms with E-state index in [0.29, 0.717) is 0 Å². The number of hydrogen-bond acceptors (Lipinski definition) is 2. The molecule has 3 aromatic rings. The Labute approximate surface area is 132 Å².